The summed E-state index contributed by atoms with van der Waals surface area (Å²) < 4.78 is 5.65. The minimum absolute atomic E-state index is 0.112. The highest BCUT2D eigenvalue weighted by Gasteiger charge is 2.19. The Morgan fingerprint density at radius 3 is 2.35 bits per heavy atom. The van der Waals surface area contributed by atoms with Crippen LogP contribution in [0.25, 0.3) is 11.1 Å². The highest BCUT2D eigenvalue weighted by Crippen LogP contribution is 2.29. The number of thiophene rings is 1. The normalized spacial score (nSPS) is 14.3. The number of carbonyl (C=O) groups is 1. The molecule has 0 aliphatic carbocycles. The lowest BCUT2D eigenvalue weighted by atomic mass is 10.1. The topological polar surface area (TPSA) is 36.0 Å². The summed E-state index contributed by atoms with van der Waals surface area (Å²) >= 11 is 1.83. The highest BCUT2D eigenvalue weighted by atomic mass is 32.1. The van der Waals surface area contributed by atoms with Crippen molar-refractivity contribution in [1.29, 1.82) is 0 Å². The van der Waals surface area contributed by atoms with E-state index in [0.29, 0.717) is 6.61 Å². The van der Waals surface area contributed by atoms with Crippen molar-refractivity contribution < 1.29 is 9.53 Å². The van der Waals surface area contributed by atoms with E-state index < -0.39 is 0 Å². The number of benzene rings is 2. The molecule has 4 rings (SSSR count). The van der Waals surface area contributed by atoms with E-state index in [4.69, 9.17) is 4.74 Å². The molecule has 1 aromatic heterocycles. The average Bonchev–Trinajstić information content (AvgIpc) is 3.34. The van der Waals surface area contributed by atoms with Crippen LogP contribution in [0.5, 0.6) is 5.75 Å². The van der Waals surface area contributed by atoms with Gasteiger partial charge in [0.1, 0.15) is 5.75 Å². The summed E-state index contributed by atoms with van der Waals surface area (Å²) in [6, 6.07) is 18.8. The van der Waals surface area contributed by atoms with Crippen LogP contribution in [0.3, 0.4) is 0 Å². The van der Waals surface area contributed by atoms with Gasteiger partial charge in [0, 0.05) is 61.9 Å². The second kappa shape index (κ2) is 11.5. The van der Waals surface area contributed by atoms with Crippen LogP contribution in [-0.4, -0.2) is 61.6 Å². The summed E-state index contributed by atoms with van der Waals surface area (Å²) in [5.41, 5.74) is 4.44. The van der Waals surface area contributed by atoms with Crippen molar-refractivity contribution in [2.45, 2.75) is 27.3 Å². The number of piperazine rings is 1. The molecule has 0 spiro atoms. The second-order valence-electron chi connectivity index (χ2n) is 8.55. The molecule has 1 amide bonds. The summed E-state index contributed by atoms with van der Waals surface area (Å²) in [7, 11) is 0. The molecule has 3 aromatic rings. The molecule has 2 aromatic carbocycles. The number of rotatable bonds is 9. The van der Waals surface area contributed by atoms with Gasteiger partial charge in [0.25, 0.3) is 5.91 Å². The lowest BCUT2D eigenvalue weighted by Gasteiger charge is -2.36. The van der Waals surface area contributed by atoms with Crippen molar-refractivity contribution in [2.24, 2.45) is 0 Å². The van der Waals surface area contributed by atoms with Crippen molar-refractivity contribution in [2.75, 3.05) is 50.8 Å². The quantitative estimate of drug-likeness (QED) is 0.401. The van der Waals surface area contributed by atoms with Gasteiger partial charge in [-0.05, 0) is 79.7 Å². The monoisotopic (exact) mass is 477 g/mol. The minimum atomic E-state index is 0.112. The van der Waals surface area contributed by atoms with Crippen LogP contribution in [0.4, 0.5) is 5.69 Å². The van der Waals surface area contributed by atoms with Crippen LogP contribution in [0, 0.1) is 0 Å². The molecule has 1 saturated heterocycles. The molecule has 1 aliphatic rings. The number of ether oxygens (including phenoxy) is 1. The molecule has 0 unspecified atom stereocenters. The Balaban J connectivity index is 1.31. The zero-order valence-electron chi connectivity index (χ0n) is 20.5. The van der Waals surface area contributed by atoms with Gasteiger partial charge in [-0.3, -0.25) is 9.69 Å². The van der Waals surface area contributed by atoms with Crippen LogP contribution < -0.4 is 9.64 Å². The first-order chi connectivity index (χ1) is 16.6. The smallest absolute Gasteiger partial charge is 0.253 e. The fourth-order valence-corrected chi connectivity index (χ4v) is 5.37. The van der Waals surface area contributed by atoms with Gasteiger partial charge in [0.15, 0.2) is 0 Å². The molecule has 0 saturated carbocycles. The molecule has 180 valence electrons. The number of nitrogens with zero attached hydrogens (tertiary/aromatic N) is 3. The molecule has 1 fully saturated rings. The van der Waals surface area contributed by atoms with Gasteiger partial charge in [-0.2, -0.15) is 0 Å². The van der Waals surface area contributed by atoms with Crippen LogP contribution in [0.2, 0.25) is 0 Å². The Morgan fingerprint density at radius 2 is 1.68 bits per heavy atom. The first-order valence-electron chi connectivity index (χ1n) is 12.3. The lowest BCUT2D eigenvalue weighted by molar-refractivity contribution is 0.0773. The molecule has 1 aliphatic heterocycles. The van der Waals surface area contributed by atoms with E-state index in [1.165, 1.54) is 21.7 Å². The standard InChI is InChI=1S/C28H35N3O2S/c1-4-30(5-2)28(32)22-10-12-25(13-11-22)31-16-14-29(15-17-31)20-27-19-24(21-34-27)23-8-7-9-26(18-23)33-6-3/h7-13,18-19,21H,4-6,14-17,20H2,1-3H3. The van der Waals surface area contributed by atoms with E-state index in [1.807, 2.05) is 55.2 Å². The van der Waals surface area contributed by atoms with E-state index >= 15 is 0 Å². The van der Waals surface area contributed by atoms with Gasteiger partial charge in [-0.15, -0.1) is 11.3 Å². The summed E-state index contributed by atoms with van der Waals surface area (Å²) in [6.07, 6.45) is 0. The largest absolute Gasteiger partial charge is 0.494 e. The van der Waals surface area contributed by atoms with E-state index in [2.05, 4.69) is 51.6 Å². The molecule has 2 heterocycles. The Bertz CT molecular complexity index is 1070. The maximum atomic E-state index is 12.5. The fourth-order valence-electron chi connectivity index (χ4n) is 4.44. The molecular weight excluding hydrogens is 442 g/mol. The summed E-state index contributed by atoms with van der Waals surface area (Å²) in [6.45, 7) is 13.3. The number of anilines is 1. The summed E-state index contributed by atoms with van der Waals surface area (Å²) in [5.74, 6) is 1.04. The zero-order chi connectivity index (χ0) is 23.9. The minimum Gasteiger partial charge on any atom is -0.494 e. The first kappa shape index (κ1) is 24.3. The summed E-state index contributed by atoms with van der Waals surface area (Å²) in [5, 5.41) is 2.25. The molecule has 0 bridgehead atoms. The van der Waals surface area contributed by atoms with Gasteiger partial charge in [0.05, 0.1) is 6.61 Å². The Hall–Kier alpha value is -2.83. The van der Waals surface area contributed by atoms with Gasteiger partial charge in [-0.25, -0.2) is 0 Å². The van der Waals surface area contributed by atoms with Crippen LogP contribution in [0.1, 0.15) is 36.0 Å². The molecule has 34 heavy (non-hydrogen) atoms. The Kier molecular flexibility index (Phi) is 8.25. The molecule has 0 radical (unpaired) electrons. The number of hydrogen-bond acceptors (Lipinski definition) is 5. The maximum absolute atomic E-state index is 12.5. The number of carbonyl (C=O) groups excluding carboxylic acids is 1. The lowest BCUT2D eigenvalue weighted by Crippen LogP contribution is -2.45. The number of amides is 1. The third-order valence-corrected chi connectivity index (χ3v) is 7.34. The SMILES string of the molecule is CCOc1cccc(-c2csc(CN3CCN(c4ccc(C(=O)N(CC)CC)cc4)CC3)c2)c1. The van der Waals surface area contributed by atoms with Crippen LogP contribution in [0.15, 0.2) is 60.0 Å². The van der Waals surface area contributed by atoms with E-state index in [0.717, 1.165) is 57.1 Å². The first-order valence-corrected chi connectivity index (χ1v) is 13.2. The van der Waals surface area contributed by atoms with Crippen LogP contribution in [-0.2, 0) is 6.54 Å². The summed E-state index contributed by atoms with van der Waals surface area (Å²) in [4.78, 5) is 20.8. The van der Waals surface area contributed by atoms with E-state index in [1.54, 1.807) is 0 Å². The van der Waals surface area contributed by atoms with Crippen molar-refractivity contribution in [3.63, 3.8) is 0 Å². The van der Waals surface area contributed by atoms with Gasteiger partial charge < -0.3 is 14.5 Å². The highest BCUT2D eigenvalue weighted by molar-refractivity contribution is 7.10. The molecule has 5 nitrogen and oxygen atoms in total. The van der Waals surface area contributed by atoms with E-state index in [-0.39, 0.29) is 5.91 Å². The van der Waals surface area contributed by atoms with Crippen molar-refractivity contribution >= 4 is 22.9 Å². The predicted octanol–water partition coefficient (Wildman–Crippen LogP) is 5.62. The van der Waals surface area contributed by atoms with Crippen molar-refractivity contribution in [3.8, 4) is 16.9 Å². The Labute approximate surface area is 207 Å². The van der Waals surface area contributed by atoms with Crippen LogP contribution >= 0.6 is 11.3 Å². The predicted molar refractivity (Wildman–Crippen MR) is 142 cm³/mol. The average molecular weight is 478 g/mol. The molecular formula is C28H35N3O2S. The molecule has 0 N–H and O–H groups in total. The second-order valence-corrected chi connectivity index (χ2v) is 9.55. The molecule has 6 heteroatoms. The van der Waals surface area contributed by atoms with Crippen molar-refractivity contribution in [1.82, 2.24) is 9.80 Å². The van der Waals surface area contributed by atoms with Gasteiger partial charge >= 0.3 is 0 Å². The maximum Gasteiger partial charge on any atom is 0.253 e. The fraction of sp³-hybridized carbons (Fsp3) is 0.393. The number of hydrogen-bond donors (Lipinski definition) is 0. The van der Waals surface area contributed by atoms with E-state index in [9.17, 15) is 4.79 Å². The van der Waals surface area contributed by atoms with Crippen molar-refractivity contribution in [3.05, 3.63) is 70.4 Å². The Morgan fingerprint density at radius 1 is 0.941 bits per heavy atom. The third kappa shape index (κ3) is 5.80. The zero-order valence-corrected chi connectivity index (χ0v) is 21.3. The molecule has 0 atom stereocenters. The van der Waals surface area contributed by atoms with Gasteiger partial charge in [0.2, 0.25) is 0 Å². The van der Waals surface area contributed by atoms with Gasteiger partial charge in [-0.1, -0.05) is 12.1 Å². The third-order valence-electron chi connectivity index (χ3n) is 6.41.